The van der Waals surface area contributed by atoms with Crippen molar-refractivity contribution in [3.8, 4) is 0 Å². The van der Waals surface area contributed by atoms with Gasteiger partial charge in [0.1, 0.15) is 0 Å². The van der Waals surface area contributed by atoms with E-state index in [-0.39, 0.29) is 5.57 Å². The van der Waals surface area contributed by atoms with Crippen LogP contribution >= 0.6 is 0 Å². The highest BCUT2D eigenvalue weighted by atomic mass is 19.3. The molecule has 0 nitrogen and oxygen atoms in total. The van der Waals surface area contributed by atoms with Gasteiger partial charge in [0, 0.05) is 5.57 Å². The molecule has 0 spiro atoms. The molecule has 2 heteroatoms. The van der Waals surface area contributed by atoms with E-state index < -0.39 is 6.43 Å². The zero-order chi connectivity index (χ0) is 13.3. The number of alkyl halides is 2. The Balaban J connectivity index is 4.69. The van der Waals surface area contributed by atoms with Crippen LogP contribution in [0, 0.1) is 5.92 Å². The number of halogens is 2. The summed E-state index contributed by atoms with van der Waals surface area (Å²) < 4.78 is 25.0. The topological polar surface area (TPSA) is 0 Å². The molecule has 0 aliphatic carbocycles. The molecule has 0 aliphatic heterocycles. The van der Waals surface area contributed by atoms with Gasteiger partial charge in [-0.05, 0) is 25.2 Å². The molecular formula is C15H26F2. The van der Waals surface area contributed by atoms with Gasteiger partial charge in [0.25, 0.3) is 6.43 Å². The first kappa shape index (κ1) is 16.3. The summed E-state index contributed by atoms with van der Waals surface area (Å²) in [5.74, 6) is 0.459. The molecule has 0 rings (SSSR count). The highest BCUT2D eigenvalue weighted by molar-refractivity contribution is 5.24. The monoisotopic (exact) mass is 244 g/mol. The number of allylic oxidation sites excluding steroid dienone is 3. The van der Waals surface area contributed by atoms with Crippen LogP contribution in [0.5, 0.6) is 0 Å². The molecule has 0 N–H and O–H groups in total. The Hall–Kier alpha value is -0.660. The molecule has 0 aromatic heterocycles. The van der Waals surface area contributed by atoms with E-state index in [0.717, 1.165) is 37.7 Å². The van der Waals surface area contributed by atoms with Crippen LogP contribution in [0.2, 0.25) is 0 Å². The van der Waals surface area contributed by atoms with Crippen LogP contribution in [0.15, 0.2) is 23.8 Å². The van der Waals surface area contributed by atoms with Crippen LogP contribution in [0.1, 0.15) is 59.3 Å². The van der Waals surface area contributed by atoms with Gasteiger partial charge in [0.2, 0.25) is 0 Å². The first-order chi connectivity index (χ1) is 8.06. The van der Waals surface area contributed by atoms with Crippen molar-refractivity contribution in [1.29, 1.82) is 0 Å². The quantitative estimate of drug-likeness (QED) is 0.453. The molecule has 0 aromatic carbocycles. The fourth-order valence-electron chi connectivity index (χ4n) is 2.12. The second-order valence-corrected chi connectivity index (χ2v) is 4.58. The van der Waals surface area contributed by atoms with Crippen molar-refractivity contribution < 1.29 is 8.78 Å². The van der Waals surface area contributed by atoms with Gasteiger partial charge in [-0.15, -0.1) is 0 Å². The van der Waals surface area contributed by atoms with Crippen molar-refractivity contribution in [3.63, 3.8) is 0 Å². The summed E-state index contributed by atoms with van der Waals surface area (Å²) in [7, 11) is 0. The van der Waals surface area contributed by atoms with E-state index in [9.17, 15) is 8.78 Å². The molecule has 100 valence electrons. The molecule has 1 atom stereocenters. The standard InChI is InChI=1S/C15H26F2/c1-5-8-10-14(9-6-2)13(7-3)11-12(4)15(16)17/h11,14-15H,4-10H2,1-3H3/b13-11+. The first-order valence-corrected chi connectivity index (χ1v) is 6.74. The Morgan fingerprint density at radius 2 is 1.76 bits per heavy atom. The second kappa shape index (κ2) is 9.38. The van der Waals surface area contributed by atoms with Crippen molar-refractivity contribution in [2.24, 2.45) is 5.92 Å². The maximum Gasteiger partial charge on any atom is 0.263 e. The van der Waals surface area contributed by atoms with Gasteiger partial charge in [-0.25, -0.2) is 8.78 Å². The van der Waals surface area contributed by atoms with Crippen molar-refractivity contribution in [1.82, 2.24) is 0 Å². The van der Waals surface area contributed by atoms with Gasteiger partial charge in [-0.1, -0.05) is 58.3 Å². The van der Waals surface area contributed by atoms with E-state index in [1.807, 2.05) is 6.92 Å². The van der Waals surface area contributed by atoms with Crippen molar-refractivity contribution in [3.05, 3.63) is 23.8 Å². The summed E-state index contributed by atoms with van der Waals surface area (Å²) in [6.45, 7) is 9.79. The van der Waals surface area contributed by atoms with Gasteiger partial charge < -0.3 is 0 Å². The third-order valence-electron chi connectivity index (χ3n) is 3.13. The molecule has 0 aromatic rings. The van der Waals surface area contributed by atoms with Crippen molar-refractivity contribution >= 4 is 0 Å². The predicted octanol–water partition coefficient (Wildman–Crippen LogP) is 5.75. The summed E-state index contributed by atoms with van der Waals surface area (Å²) in [6, 6.07) is 0. The van der Waals surface area contributed by atoms with Crippen LogP contribution in [0.25, 0.3) is 0 Å². The Morgan fingerprint density at radius 3 is 2.18 bits per heavy atom. The summed E-state index contributed by atoms with van der Waals surface area (Å²) in [6.07, 6.45) is 5.69. The number of unbranched alkanes of at least 4 members (excludes halogenated alkanes) is 1. The summed E-state index contributed by atoms with van der Waals surface area (Å²) >= 11 is 0. The Kier molecular flexibility index (Phi) is 9.01. The smallest absolute Gasteiger partial charge is 0.205 e. The van der Waals surface area contributed by atoms with Crippen molar-refractivity contribution in [2.75, 3.05) is 0 Å². The lowest BCUT2D eigenvalue weighted by atomic mass is 9.87. The fourth-order valence-corrected chi connectivity index (χ4v) is 2.12. The zero-order valence-electron chi connectivity index (χ0n) is 11.4. The summed E-state index contributed by atoms with van der Waals surface area (Å²) in [5, 5.41) is 0. The fraction of sp³-hybridized carbons (Fsp3) is 0.733. The average molecular weight is 244 g/mol. The lowest BCUT2D eigenvalue weighted by molar-refractivity contribution is 0.194. The van der Waals surface area contributed by atoms with E-state index in [4.69, 9.17) is 0 Å². The third kappa shape index (κ3) is 6.60. The average Bonchev–Trinajstić information content (AvgIpc) is 2.31. The molecule has 17 heavy (non-hydrogen) atoms. The van der Waals surface area contributed by atoms with Crippen molar-refractivity contribution in [2.45, 2.75) is 65.7 Å². The molecule has 0 bridgehead atoms. The summed E-state index contributed by atoms with van der Waals surface area (Å²) in [5.41, 5.74) is 1.10. The van der Waals surface area contributed by atoms with E-state index in [1.54, 1.807) is 6.08 Å². The Labute approximate surface area is 105 Å². The zero-order valence-corrected chi connectivity index (χ0v) is 11.4. The van der Waals surface area contributed by atoms with Crippen LogP contribution in [-0.4, -0.2) is 6.43 Å². The SMILES string of the molecule is C=C(/C=C(\CC)C(CCC)CCCC)C(F)F. The van der Waals surface area contributed by atoms with Crippen LogP contribution in [0.3, 0.4) is 0 Å². The van der Waals surface area contributed by atoms with Crippen LogP contribution in [0.4, 0.5) is 8.78 Å². The van der Waals surface area contributed by atoms with Gasteiger partial charge in [-0.2, -0.15) is 0 Å². The maximum atomic E-state index is 12.5. The van der Waals surface area contributed by atoms with Gasteiger partial charge >= 0.3 is 0 Å². The van der Waals surface area contributed by atoms with E-state index in [1.165, 1.54) is 6.42 Å². The molecule has 0 aliphatic rings. The van der Waals surface area contributed by atoms with Crippen LogP contribution < -0.4 is 0 Å². The number of rotatable bonds is 9. The minimum atomic E-state index is -2.43. The third-order valence-corrected chi connectivity index (χ3v) is 3.13. The minimum absolute atomic E-state index is 0.0422. The highest BCUT2D eigenvalue weighted by Crippen LogP contribution is 2.27. The minimum Gasteiger partial charge on any atom is -0.205 e. The number of hydrogen-bond donors (Lipinski definition) is 0. The molecule has 0 amide bonds. The normalized spacial score (nSPS) is 14.1. The molecule has 0 radical (unpaired) electrons. The summed E-state index contributed by atoms with van der Waals surface area (Å²) in [4.78, 5) is 0. The largest absolute Gasteiger partial charge is 0.263 e. The molecule has 0 heterocycles. The lowest BCUT2D eigenvalue weighted by Gasteiger charge is -2.19. The van der Waals surface area contributed by atoms with E-state index in [2.05, 4.69) is 20.4 Å². The lowest BCUT2D eigenvalue weighted by Crippen LogP contribution is -2.05. The Bertz CT molecular complexity index is 241. The van der Waals surface area contributed by atoms with E-state index in [0.29, 0.717) is 5.92 Å². The van der Waals surface area contributed by atoms with Gasteiger partial charge in [0.05, 0.1) is 0 Å². The molecule has 0 saturated carbocycles. The van der Waals surface area contributed by atoms with E-state index >= 15 is 0 Å². The Morgan fingerprint density at radius 1 is 1.12 bits per heavy atom. The molecular weight excluding hydrogens is 218 g/mol. The predicted molar refractivity (Wildman–Crippen MR) is 71.4 cm³/mol. The van der Waals surface area contributed by atoms with Crippen LogP contribution in [-0.2, 0) is 0 Å². The molecule has 0 saturated heterocycles. The molecule has 1 unspecified atom stereocenters. The van der Waals surface area contributed by atoms with Gasteiger partial charge in [-0.3, -0.25) is 0 Å². The highest BCUT2D eigenvalue weighted by Gasteiger charge is 2.14. The maximum absolute atomic E-state index is 12.5. The second-order valence-electron chi connectivity index (χ2n) is 4.58. The van der Waals surface area contributed by atoms with Gasteiger partial charge in [0.15, 0.2) is 0 Å². The number of hydrogen-bond acceptors (Lipinski definition) is 0. The first-order valence-electron chi connectivity index (χ1n) is 6.74. The molecule has 0 fully saturated rings.